The molecule has 0 atom stereocenters. The number of ether oxygens (including phenoxy) is 1. The van der Waals surface area contributed by atoms with Crippen molar-refractivity contribution in [3.05, 3.63) is 52.9 Å². The minimum absolute atomic E-state index is 0.606. The third-order valence-corrected chi connectivity index (χ3v) is 3.48. The lowest BCUT2D eigenvalue weighted by Crippen LogP contribution is -2.03. The summed E-state index contributed by atoms with van der Waals surface area (Å²) in [6.45, 7) is 2.55. The fraction of sp³-hybridized carbons (Fsp3) is 0.200. The summed E-state index contributed by atoms with van der Waals surface area (Å²) in [5, 5.41) is 8.29. The van der Waals surface area contributed by atoms with Gasteiger partial charge in [0.1, 0.15) is 5.75 Å². The largest absolute Gasteiger partial charge is 0.497 e. The number of rotatable bonds is 4. The minimum atomic E-state index is 0.606. The molecule has 0 saturated carbocycles. The maximum Gasteiger partial charge on any atom is 0.155 e. The van der Waals surface area contributed by atoms with E-state index in [1.54, 1.807) is 17.7 Å². The molecule has 3 aromatic rings. The van der Waals surface area contributed by atoms with Crippen molar-refractivity contribution in [3.8, 4) is 5.75 Å². The molecule has 0 spiro atoms. The second-order valence-corrected chi connectivity index (χ2v) is 5.16. The van der Waals surface area contributed by atoms with E-state index in [2.05, 4.69) is 15.4 Å². The SMILES string of the molecule is COc1ccc(Cl)c(NCc2cnc3cc(C)nn3c2)c1. The first-order valence-corrected chi connectivity index (χ1v) is 6.92. The molecule has 0 radical (unpaired) electrons. The van der Waals surface area contributed by atoms with Crippen LogP contribution in [0.4, 0.5) is 5.69 Å². The number of fused-ring (bicyclic) bond motifs is 1. The number of benzene rings is 1. The van der Waals surface area contributed by atoms with Crippen LogP contribution in [0, 0.1) is 6.92 Å². The van der Waals surface area contributed by atoms with Crippen molar-refractivity contribution in [2.45, 2.75) is 13.5 Å². The van der Waals surface area contributed by atoms with Crippen molar-refractivity contribution in [3.63, 3.8) is 0 Å². The molecule has 0 aliphatic heterocycles. The first-order chi connectivity index (χ1) is 10.2. The summed E-state index contributed by atoms with van der Waals surface area (Å²) in [5.74, 6) is 0.762. The zero-order valence-corrected chi connectivity index (χ0v) is 12.6. The Morgan fingerprint density at radius 1 is 1.33 bits per heavy atom. The molecule has 5 nitrogen and oxygen atoms in total. The first kappa shape index (κ1) is 13.7. The predicted molar refractivity (Wildman–Crippen MR) is 83.1 cm³/mol. The Morgan fingerprint density at radius 3 is 3.00 bits per heavy atom. The van der Waals surface area contributed by atoms with Crippen LogP contribution in [0.1, 0.15) is 11.3 Å². The molecule has 2 heterocycles. The molecule has 108 valence electrons. The maximum absolute atomic E-state index is 6.17. The molecule has 1 aromatic carbocycles. The number of methoxy groups -OCH3 is 1. The lowest BCUT2D eigenvalue weighted by atomic mass is 10.2. The smallest absolute Gasteiger partial charge is 0.155 e. The van der Waals surface area contributed by atoms with Gasteiger partial charge >= 0.3 is 0 Å². The second kappa shape index (κ2) is 5.61. The standard InChI is InChI=1S/C15H15ClN4O/c1-10-5-15-18-8-11(9-20(15)19-10)7-17-14-6-12(21-2)3-4-13(14)16/h3-6,8-9,17H,7H2,1-2H3. The molecular formula is C15H15ClN4O. The van der Waals surface area contributed by atoms with Crippen LogP contribution in [-0.2, 0) is 6.54 Å². The van der Waals surface area contributed by atoms with Crippen LogP contribution in [0.5, 0.6) is 5.75 Å². The molecule has 0 fully saturated rings. The second-order valence-electron chi connectivity index (χ2n) is 4.75. The molecule has 0 saturated heterocycles. The van der Waals surface area contributed by atoms with Gasteiger partial charge in [0.2, 0.25) is 0 Å². The van der Waals surface area contributed by atoms with E-state index >= 15 is 0 Å². The molecule has 0 unspecified atom stereocenters. The average Bonchev–Trinajstić information content (AvgIpc) is 2.85. The zero-order valence-electron chi connectivity index (χ0n) is 11.8. The molecule has 2 aromatic heterocycles. The van der Waals surface area contributed by atoms with E-state index in [1.807, 2.05) is 37.5 Å². The highest BCUT2D eigenvalue weighted by Crippen LogP contribution is 2.27. The maximum atomic E-state index is 6.17. The lowest BCUT2D eigenvalue weighted by Gasteiger charge is -2.10. The third kappa shape index (κ3) is 2.92. The van der Waals surface area contributed by atoms with Gasteiger partial charge in [-0.3, -0.25) is 0 Å². The number of nitrogens with one attached hydrogen (secondary N) is 1. The third-order valence-electron chi connectivity index (χ3n) is 3.15. The van der Waals surface area contributed by atoms with Crippen LogP contribution in [0.3, 0.4) is 0 Å². The molecule has 0 bridgehead atoms. The van der Waals surface area contributed by atoms with E-state index in [9.17, 15) is 0 Å². The highest BCUT2D eigenvalue weighted by molar-refractivity contribution is 6.33. The number of anilines is 1. The summed E-state index contributed by atoms with van der Waals surface area (Å²) in [6.07, 6.45) is 3.79. The number of halogens is 1. The van der Waals surface area contributed by atoms with Gasteiger partial charge in [-0.05, 0) is 19.1 Å². The van der Waals surface area contributed by atoms with Gasteiger partial charge in [0, 0.05) is 36.6 Å². The van der Waals surface area contributed by atoms with Crippen molar-refractivity contribution in [2.24, 2.45) is 0 Å². The Balaban J connectivity index is 1.79. The van der Waals surface area contributed by atoms with Crippen LogP contribution in [0.2, 0.25) is 5.02 Å². The summed E-state index contributed by atoms with van der Waals surface area (Å²) in [4.78, 5) is 4.37. The molecule has 0 aliphatic rings. The fourth-order valence-corrected chi connectivity index (χ4v) is 2.27. The van der Waals surface area contributed by atoms with Gasteiger partial charge in [-0.25, -0.2) is 9.50 Å². The summed E-state index contributed by atoms with van der Waals surface area (Å²) in [6, 6.07) is 7.44. The van der Waals surface area contributed by atoms with Gasteiger partial charge in [-0.2, -0.15) is 5.10 Å². The van der Waals surface area contributed by atoms with Crippen LogP contribution >= 0.6 is 11.6 Å². The fourth-order valence-electron chi connectivity index (χ4n) is 2.09. The number of nitrogens with zero attached hydrogens (tertiary/aromatic N) is 3. The predicted octanol–water partition coefficient (Wildman–Crippen LogP) is 3.31. The highest BCUT2D eigenvalue weighted by atomic mass is 35.5. The Kier molecular flexibility index (Phi) is 3.66. The van der Waals surface area contributed by atoms with Gasteiger partial charge < -0.3 is 10.1 Å². The van der Waals surface area contributed by atoms with E-state index in [-0.39, 0.29) is 0 Å². The van der Waals surface area contributed by atoms with Crippen molar-refractivity contribution in [1.82, 2.24) is 14.6 Å². The van der Waals surface area contributed by atoms with Crippen molar-refractivity contribution >= 4 is 22.9 Å². The molecule has 0 amide bonds. The Morgan fingerprint density at radius 2 is 2.19 bits per heavy atom. The van der Waals surface area contributed by atoms with Gasteiger partial charge in [-0.1, -0.05) is 11.6 Å². The van der Waals surface area contributed by atoms with Crippen LogP contribution in [-0.4, -0.2) is 21.7 Å². The number of aryl methyl sites for hydroxylation is 1. The molecule has 21 heavy (non-hydrogen) atoms. The van der Waals surface area contributed by atoms with Crippen LogP contribution in [0.25, 0.3) is 5.65 Å². The minimum Gasteiger partial charge on any atom is -0.497 e. The van der Waals surface area contributed by atoms with Crippen molar-refractivity contribution < 1.29 is 4.74 Å². The Hall–Kier alpha value is -2.27. The van der Waals surface area contributed by atoms with E-state index < -0.39 is 0 Å². The number of hydrogen-bond acceptors (Lipinski definition) is 4. The molecule has 3 rings (SSSR count). The lowest BCUT2D eigenvalue weighted by molar-refractivity contribution is 0.415. The summed E-state index contributed by atoms with van der Waals surface area (Å²) in [7, 11) is 1.63. The van der Waals surface area contributed by atoms with Crippen molar-refractivity contribution in [1.29, 1.82) is 0 Å². The summed E-state index contributed by atoms with van der Waals surface area (Å²) in [5.41, 5.74) is 3.64. The van der Waals surface area contributed by atoms with Crippen LogP contribution < -0.4 is 10.1 Å². The summed E-state index contributed by atoms with van der Waals surface area (Å²) < 4.78 is 6.97. The molecule has 6 heteroatoms. The normalized spacial score (nSPS) is 10.8. The van der Waals surface area contributed by atoms with E-state index in [0.29, 0.717) is 11.6 Å². The Bertz CT molecular complexity index is 784. The molecular weight excluding hydrogens is 288 g/mol. The van der Waals surface area contributed by atoms with Crippen molar-refractivity contribution in [2.75, 3.05) is 12.4 Å². The van der Waals surface area contributed by atoms with E-state index in [4.69, 9.17) is 16.3 Å². The van der Waals surface area contributed by atoms with Crippen LogP contribution in [0.15, 0.2) is 36.7 Å². The molecule has 0 aliphatic carbocycles. The Labute approximate surface area is 127 Å². The van der Waals surface area contributed by atoms with Gasteiger partial charge in [0.15, 0.2) is 5.65 Å². The molecule has 1 N–H and O–H groups in total. The highest BCUT2D eigenvalue weighted by Gasteiger charge is 2.04. The van der Waals surface area contributed by atoms with Gasteiger partial charge in [0.25, 0.3) is 0 Å². The number of aromatic nitrogens is 3. The monoisotopic (exact) mass is 302 g/mol. The van der Waals surface area contributed by atoms with E-state index in [1.165, 1.54) is 0 Å². The first-order valence-electron chi connectivity index (χ1n) is 6.54. The topological polar surface area (TPSA) is 51.5 Å². The quantitative estimate of drug-likeness (QED) is 0.803. The number of hydrogen-bond donors (Lipinski definition) is 1. The average molecular weight is 303 g/mol. The summed E-state index contributed by atoms with van der Waals surface area (Å²) >= 11 is 6.17. The van der Waals surface area contributed by atoms with Gasteiger partial charge in [-0.15, -0.1) is 0 Å². The van der Waals surface area contributed by atoms with E-state index in [0.717, 1.165) is 28.3 Å². The van der Waals surface area contributed by atoms with Gasteiger partial charge in [0.05, 0.1) is 23.5 Å². The zero-order chi connectivity index (χ0) is 14.8.